The van der Waals surface area contributed by atoms with E-state index in [9.17, 15) is 24.6 Å². The summed E-state index contributed by atoms with van der Waals surface area (Å²) >= 11 is 0. The van der Waals surface area contributed by atoms with Crippen LogP contribution in [-0.4, -0.2) is 63.6 Å². The highest BCUT2D eigenvalue weighted by Gasteiger charge is 2.42. The molecule has 6 N–H and O–H groups in total. The summed E-state index contributed by atoms with van der Waals surface area (Å²) in [6, 6.07) is 19.2. The molecule has 210 valence electrons. The molecule has 1 saturated heterocycles. The predicted molar refractivity (Wildman–Crippen MR) is 151 cm³/mol. The number of amides is 3. The second kappa shape index (κ2) is 12.8. The first-order valence-electron chi connectivity index (χ1n) is 13.4. The van der Waals surface area contributed by atoms with Crippen LogP contribution in [0.2, 0.25) is 0 Å². The lowest BCUT2D eigenvalue weighted by atomic mass is 9.98. The molecule has 0 spiro atoms. The lowest BCUT2D eigenvalue weighted by molar-refractivity contribution is -0.146. The van der Waals surface area contributed by atoms with Crippen LogP contribution in [0.4, 0.5) is 0 Å². The maximum Gasteiger partial charge on any atom is 0.254 e. The Balaban J connectivity index is 1.52. The van der Waals surface area contributed by atoms with Crippen molar-refractivity contribution < 1.29 is 24.6 Å². The highest BCUT2D eigenvalue weighted by molar-refractivity contribution is 5.97. The molecular weight excluding hydrogens is 508 g/mol. The summed E-state index contributed by atoms with van der Waals surface area (Å²) in [5, 5.41) is 27.1. The second-order valence-electron chi connectivity index (χ2n) is 10.3. The molecule has 1 fully saturated rings. The van der Waals surface area contributed by atoms with E-state index in [1.54, 1.807) is 19.1 Å². The number of hydrogen-bond acceptors (Lipinski definition) is 6. The zero-order valence-electron chi connectivity index (χ0n) is 22.7. The highest BCUT2D eigenvalue weighted by atomic mass is 16.3. The Hall–Kier alpha value is -4.21. The molecule has 4 unspecified atom stereocenters. The maximum absolute atomic E-state index is 13.7. The number of aliphatic hydroxyl groups excluding tert-OH is 1. The fourth-order valence-electron chi connectivity index (χ4n) is 5.04. The number of likely N-dealkylation sites (tertiary alicyclic amines) is 1. The zero-order chi connectivity index (χ0) is 28.8. The first-order valence-corrected chi connectivity index (χ1v) is 13.4. The number of aromatic hydroxyl groups is 1. The van der Waals surface area contributed by atoms with Gasteiger partial charge in [-0.3, -0.25) is 14.4 Å². The van der Waals surface area contributed by atoms with Gasteiger partial charge in [-0.2, -0.15) is 0 Å². The third-order valence-corrected chi connectivity index (χ3v) is 7.43. The van der Waals surface area contributed by atoms with E-state index in [0.29, 0.717) is 12.1 Å². The molecule has 3 aromatic rings. The van der Waals surface area contributed by atoms with Crippen LogP contribution < -0.4 is 16.4 Å². The smallest absolute Gasteiger partial charge is 0.254 e. The van der Waals surface area contributed by atoms with E-state index in [4.69, 9.17) is 5.73 Å². The number of nitrogens with two attached hydrogens (primary N) is 1. The first kappa shape index (κ1) is 28.8. The van der Waals surface area contributed by atoms with Gasteiger partial charge in [0.1, 0.15) is 11.8 Å². The maximum atomic E-state index is 13.7. The Morgan fingerprint density at radius 1 is 1.00 bits per heavy atom. The average Bonchev–Trinajstić information content (AvgIpc) is 3.35. The summed E-state index contributed by atoms with van der Waals surface area (Å²) in [4.78, 5) is 41.3. The molecule has 3 aromatic carbocycles. The van der Waals surface area contributed by atoms with Crippen LogP contribution in [0.5, 0.6) is 5.75 Å². The summed E-state index contributed by atoms with van der Waals surface area (Å²) in [7, 11) is 0. The van der Waals surface area contributed by atoms with Crippen molar-refractivity contribution in [2.24, 2.45) is 5.73 Å². The number of rotatable bonds is 9. The van der Waals surface area contributed by atoms with Gasteiger partial charge in [-0.1, -0.05) is 60.7 Å². The monoisotopic (exact) mass is 544 g/mol. The van der Waals surface area contributed by atoms with Crippen molar-refractivity contribution in [2.75, 3.05) is 6.54 Å². The van der Waals surface area contributed by atoms with E-state index in [1.165, 1.54) is 11.0 Å². The van der Waals surface area contributed by atoms with Gasteiger partial charge in [0.15, 0.2) is 6.10 Å². The summed E-state index contributed by atoms with van der Waals surface area (Å²) in [5.74, 6) is -1.60. The van der Waals surface area contributed by atoms with E-state index >= 15 is 0 Å². The number of hydrogen-bond donors (Lipinski definition) is 5. The standard InChI is InChI=1S/C31H36N4O5/c1-19-9-6-7-12-22(19)17-33-30(39)26-16-23(32)18-35(26)31(40)28(37)25(15-21-10-4-3-5-11-21)34-29(38)24-13-8-14-27(36)20(24)2/h3-14,23,25-26,28,36-37H,15-18,32H2,1-2H3,(H,33,39)(H,34,38). The summed E-state index contributed by atoms with van der Waals surface area (Å²) in [6.07, 6.45) is -1.21. The number of nitrogens with zero attached hydrogens (tertiary/aromatic N) is 1. The zero-order valence-corrected chi connectivity index (χ0v) is 22.7. The lowest BCUT2D eigenvalue weighted by Gasteiger charge is -2.30. The summed E-state index contributed by atoms with van der Waals surface area (Å²) in [6.45, 7) is 3.98. The van der Waals surface area contributed by atoms with Crippen LogP contribution in [0.15, 0.2) is 72.8 Å². The number of aliphatic hydroxyl groups is 1. The Bertz CT molecular complexity index is 1360. The van der Waals surface area contributed by atoms with Gasteiger partial charge in [0.05, 0.1) is 6.04 Å². The Kier molecular flexibility index (Phi) is 9.19. The van der Waals surface area contributed by atoms with E-state index < -0.39 is 36.0 Å². The second-order valence-corrected chi connectivity index (χ2v) is 10.3. The van der Waals surface area contributed by atoms with Crippen molar-refractivity contribution >= 4 is 17.7 Å². The number of carbonyl (C=O) groups excluding carboxylic acids is 3. The SMILES string of the molecule is Cc1ccccc1CNC(=O)C1CC(N)CN1C(=O)C(O)C(Cc1ccccc1)NC(=O)c1cccc(O)c1C. The molecule has 4 atom stereocenters. The molecule has 0 radical (unpaired) electrons. The van der Waals surface area contributed by atoms with Crippen LogP contribution in [0, 0.1) is 13.8 Å². The van der Waals surface area contributed by atoms with E-state index in [2.05, 4.69) is 10.6 Å². The Morgan fingerprint density at radius 2 is 1.70 bits per heavy atom. The van der Waals surface area contributed by atoms with Gasteiger partial charge >= 0.3 is 0 Å². The minimum Gasteiger partial charge on any atom is -0.508 e. The number of phenols is 1. The van der Waals surface area contributed by atoms with E-state index in [1.807, 2.05) is 61.5 Å². The van der Waals surface area contributed by atoms with Crippen LogP contribution >= 0.6 is 0 Å². The van der Waals surface area contributed by atoms with Gasteiger partial charge in [0.2, 0.25) is 5.91 Å². The average molecular weight is 545 g/mol. The molecule has 0 aliphatic carbocycles. The van der Waals surface area contributed by atoms with Crippen molar-refractivity contribution in [3.8, 4) is 5.75 Å². The van der Waals surface area contributed by atoms with Crippen molar-refractivity contribution in [1.29, 1.82) is 0 Å². The van der Waals surface area contributed by atoms with Crippen molar-refractivity contribution in [3.63, 3.8) is 0 Å². The molecular formula is C31H36N4O5. The first-order chi connectivity index (χ1) is 19.2. The predicted octanol–water partition coefficient (Wildman–Crippen LogP) is 1.96. The van der Waals surface area contributed by atoms with Gasteiger partial charge < -0.3 is 31.5 Å². The number of benzene rings is 3. The Morgan fingerprint density at radius 3 is 2.42 bits per heavy atom. The quantitative estimate of drug-likeness (QED) is 0.279. The molecule has 1 aliphatic rings. The van der Waals surface area contributed by atoms with Crippen LogP contribution in [0.25, 0.3) is 0 Å². The normalized spacial score (nSPS) is 18.1. The van der Waals surface area contributed by atoms with Gasteiger partial charge in [-0.15, -0.1) is 0 Å². The van der Waals surface area contributed by atoms with Crippen LogP contribution in [0.3, 0.4) is 0 Å². The van der Waals surface area contributed by atoms with Gasteiger partial charge in [0, 0.05) is 30.3 Å². The third kappa shape index (κ3) is 6.67. The summed E-state index contributed by atoms with van der Waals surface area (Å²) < 4.78 is 0. The fourth-order valence-corrected chi connectivity index (χ4v) is 5.04. The molecule has 9 nitrogen and oxygen atoms in total. The third-order valence-electron chi connectivity index (χ3n) is 7.43. The minimum absolute atomic E-state index is 0.0329. The molecule has 0 bridgehead atoms. The molecule has 1 aliphatic heterocycles. The largest absolute Gasteiger partial charge is 0.508 e. The van der Waals surface area contributed by atoms with Crippen LogP contribution in [0.1, 0.15) is 39.0 Å². The van der Waals surface area contributed by atoms with Crippen molar-refractivity contribution in [1.82, 2.24) is 15.5 Å². The Labute approximate surface area is 234 Å². The molecule has 0 saturated carbocycles. The van der Waals surface area contributed by atoms with Crippen LogP contribution in [-0.2, 0) is 22.6 Å². The van der Waals surface area contributed by atoms with Crippen molar-refractivity contribution in [2.45, 2.75) is 57.5 Å². The number of phenolic OH excluding ortho intramolecular Hbond substituents is 1. The van der Waals surface area contributed by atoms with E-state index in [-0.39, 0.29) is 36.6 Å². The molecule has 3 amide bonds. The molecule has 4 rings (SSSR count). The molecule has 0 aromatic heterocycles. The molecule has 1 heterocycles. The van der Waals surface area contributed by atoms with E-state index in [0.717, 1.165) is 16.7 Å². The van der Waals surface area contributed by atoms with Gasteiger partial charge in [-0.25, -0.2) is 0 Å². The topological polar surface area (TPSA) is 145 Å². The lowest BCUT2D eigenvalue weighted by Crippen LogP contribution is -2.55. The number of carbonyl (C=O) groups is 3. The van der Waals surface area contributed by atoms with Gasteiger partial charge in [-0.05, 0) is 55.5 Å². The number of nitrogens with one attached hydrogen (secondary N) is 2. The van der Waals surface area contributed by atoms with Gasteiger partial charge in [0.25, 0.3) is 11.8 Å². The molecule has 40 heavy (non-hydrogen) atoms. The molecule has 9 heteroatoms. The minimum atomic E-state index is -1.64. The number of aryl methyl sites for hydroxylation is 1. The highest BCUT2D eigenvalue weighted by Crippen LogP contribution is 2.22. The summed E-state index contributed by atoms with van der Waals surface area (Å²) in [5.41, 5.74) is 9.58. The van der Waals surface area contributed by atoms with Crippen molar-refractivity contribution in [3.05, 3.63) is 101 Å². The fraction of sp³-hybridized carbons (Fsp3) is 0.323.